The quantitative estimate of drug-likeness (QED) is 0.761. The largest absolute Gasteiger partial charge is 0.367 e. The van der Waals surface area contributed by atoms with Crippen molar-refractivity contribution in [1.29, 1.82) is 0 Å². The van der Waals surface area contributed by atoms with Crippen LogP contribution < -0.4 is 10.2 Å². The molecule has 5 nitrogen and oxygen atoms in total. The third kappa shape index (κ3) is 2.82. The number of rotatable bonds is 3. The molecule has 4 heterocycles. The number of hydrogen-bond acceptors (Lipinski definition) is 6. The average Bonchev–Trinajstić information content (AvgIpc) is 3.23. The van der Waals surface area contributed by atoms with Crippen LogP contribution >= 0.6 is 11.3 Å². The van der Waals surface area contributed by atoms with E-state index in [1.54, 1.807) is 6.33 Å². The summed E-state index contributed by atoms with van der Waals surface area (Å²) < 4.78 is 0. The van der Waals surface area contributed by atoms with Crippen molar-refractivity contribution in [2.24, 2.45) is 0 Å². The van der Waals surface area contributed by atoms with E-state index in [0.717, 1.165) is 43.3 Å². The van der Waals surface area contributed by atoms with Crippen molar-refractivity contribution in [3.8, 4) is 0 Å². The van der Waals surface area contributed by atoms with Crippen molar-refractivity contribution in [2.45, 2.75) is 45.1 Å². The van der Waals surface area contributed by atoms with Crippen molar-refractivity contribution in [3.63, 3.8) is 0 Å². The Morgan fingerprint density at radius 2 is 2.04 bits per heavy atom. The molecule has 3 aromatic rings. The molecule has 1 saturated heterocycles. The molecule has 0 radical (unpaired) electrons. The lowest BCUT2D eigenvalue weighted by Gasteiger charge is -2.33. The minimum atomic E-state index is 0.478. The van der Waals surface area contributed by atoms with Gasteiger partial charge in [-0.05, 0) is 56.7 Å². The van der Waals surface area contributed by atoms with Crippen LogP contribution in [0, 0.1) is 6.92 Å². The van der Waals surface area contributed by atoms with Gasteiger partial charge in [0.05, 0.1) is 5.39 Å². The second kappa shape index (κ2) is 6.50. The summed E-state index contributed by atoms with van der Waals surface area (Å²) in [5.74, 6) is 2.14. The predicted octanol–water partition coefficient (Wildman–Crippen LogP) is 3.96. The van der Waals surface area contributed by atoms with Gasteiger partial charge < -0.3 is 10.2 Å². The topological polar surface area (TPSA) is 53.9 Å². The Morgan fingerprint density at radius 1 is 1.15 bits per heavy atom. The Kier molecular flexibility index (Phi) is 4.00. The fraction of sp³-hybridized carbons (Fsp3) is 0.450. The van der Waals surface area contributed by atoms with E-state index in [-0.39, 0.29) is 0 Å². The Bertz CT molecular complexity index is 943. The van der Waals surface area contributed by atoms with Crippen molar-refractivity contribution in [3.05, 3.63) is 40.7 Å². The zero-order valence-corrected chi connectivity index (χ0v) is 15.9. The van der Waals surface area contributed by atoms with Crippen LogP contribution in [0.2, 0.25) is 0 Å². The van der Waals surface area contributed by atoms with Crippen LogP contribution in [0.4, 0.5) is 11.6 Å². The molecule has 0 amide bonds. The minimum absolute atomic E-state index is 0.478. The third-order valence-electron chi connectivity index (χ3n) is 5.52. The van der Waals surface area contributed by atoms with Gasteiger partial charge in [-0.2, -0.15) is 0 Å². The molecular weight excluding hydrogens is 342 g/mol. The van der Waals surface area contributed by atoms with Gasteiger partial charge >= 0.3 is 0 Å². The number of thiophene rings is 1. The summed E-state index contributed by atoms with van der Waals surface area (Å²) in [5.41, 5.74) is 2.58. The maximum Gasteiger partial charge on any atom is 0.141 e. The maximum atomic E-state index is 4.69. The summed E-state index contributed by atoms with van der Waals surface area (Å²) in [6, 6.07) is 6.63. The fourth-order valence-electron chi connectivity index (χ4n) is 4.22. The molecule has 1 fully saturated rings. The van der Waals surface area contributed by atoms with E-state index < -0.39 is 0 Å². The number of piperidine rings is 1. The lowest BCUT2D eigenvalue weighted by molar-refractivity contribution is 0.523. The van der Waals surface area contributed by atoms with Gasteiger partial charge in [0.1, 0.15) is 22.8 Å². The van der Waals surface area contributed by atoms with E-state index in [4.69, 9.17) is 0 Å². The Morgan fingerprint density at radius 3 is 2.88 bits per heavy atom. The first kappa shape index (κ1) is 16.0. The summed E-state index contributed by atoms with van der Waals surface area (Å²) in [4.78, 5) is 19.0. The minimum Gasteiger partial charge on any atom is -0.367 e. The number of aromatic nitrogens is 3. The first-order valence-electron chi connectivity index (χ1n) is 9.48. The smallest absolute Gasteiger partial charge is 0.141 e. The van der Waals surface area contributed by atoms with Crippen LogP contribution in [0.5, 0.6) is 0 Å². The highest BCUT2D eigenvalue weighted by molar-refractivity contribution is 7.19. The van der Waals surface area contributed by atoms with E-state index >= 15 is 0 Å². The number of hydrogen-bond donors (Lipinski definition) is 1. The van der Waals surface area contributed by atoms with Gasteiger partial charge in [0.25, 0.3) is 0 Å². The summed E-state index contributed by atoms with van der Waals surface area (Å²) in [5, 5.41) is 4.93. The van der Waals surface area contributed by atoms with Gasteiger partial charge in [0.15, 0.2) is 0 Å². The summed E-state index contributed by atoms with van der Waals surface area (Å²) in [6.07, 6.45) is 7.63. The van der Waals surface area contributed by atoms with E-state index in [2.05, 4.69) is 37.3 Å². The lowest BCUT2D eigenvalue weighted by Crippen LogP contribution is -2.39. The molecule has 0 spiro atoms. The molecule has 0 atom stereocenters. The molecule has 0 bridgehead atoms. The number of pyridine rings is 1. The van der Waals surface area contributed by atoms with Crippen LogP contribution in [-0.2, 0) is 12.8 Å². The Labute approximate surface area is 157 Å². The highest BCUT2D eigenvalue weighted by Crippen LogP contribution is 2.40. The predicted molar refractivity (Wildman–Crippen MR) is 107 cm³/mol. The number of nitrogens with one attached hydrogen (secondary N) is 1. The van der Waals surface area contributed by atoms with Crippen LogP contribution in [0.25, 0.3) is 10.2 Å². The van der Waals surface area contributed by atoms with E-state index in [1.165, 1.54) is 39.9 Å². The molecule has 0 saturated carbocycles. The number of fused-ring (bicyclic) bond motifs is 3. The van der Waals surface area contributed by atoms with Gasteiger partial charge in [-0.3, -0.25) is 0 Å². The third-order valence-corrected chi connectivity index (χ3v) is 6.72. The van der Waals surface area contributed by atoms with Crippen molar-refractivity contribution in [2.75, 3.05) is 23.3 Å². The molecule has 6 heteroatoms. The second-order valence-corrected chi connectivity index (χ2v) is 8.39. The molecule has 1 N–H and O–H groups in total. The van der Waals surface area contributed by atoms with Gasteiger partial charge in [-0.1, -0.05) is 6.07 Å². The van der Waals surface area contributed by atoms with Crippen LogP contribution in [-0.4, -0.2) is 34.1 Å². The molecule has 26 heavy (non-hydrogen) atoms. The molecule has 0 aromatic carbocycles. The highest BCUT2D eigenvalue weighted by atomic mass is 32.1. The number of anilines is 2. The van der Waals surface area contributed by atoms with E-state index in [9.17, 15) is 0 Å². The molecule has 2 aliphatic rings. The number of aryl methyl sites for hydroxylation is 3. The standard InChI is InChI=1S/C20H23N5S/c1-13-4-2-7-17(23-13)24-14-8-10-25(11-9-14)19-18-15-5-3-6-16(15)26-20(18)22-12-21-19/h2,4,7,12,14H,3,5-6,8-11H2,1H3,(H,23,24). The lowest BCUT2D eigenvalue weighted by atomic mass is 10.0. The SMILES string of the molecule is Cc1cccc(NC2CCN(c3ncnc4sc5c(c34)CCC5)CC2)n1. The molecule has 1 aliphatic heterocycles. The van der Waals surface area contributed by atoms with Gasteiger partial charge in [0, 0.05) is 29.7 Å². The van der Waals surface area contributed by atoms with Gasteiger partial charge in [-0.25, -0.2) is 15.0 Å². The average molecular weight is 366 g/mol. The summed E-state index contributed by atoms with van der Waals surface area (Å²) in [6.45, 7) is 4.09. The zero-order chi connectivity index (χ0) is 17.5. The van der Waals surface area contributed by atoms with E-state index in [0.29, 0.717) is 6.04 Å². The first-order chi connectivity index (χ1) is 12.8. The van der Waals surface area contributed by atoms with E-state index in [1.807, 2.05) is 24.3 Å². The molecule has 0 unspecified atom stereocenters. The maximum absolute atomic E-state index is 4.69. The molecule has 134 valence electrons. The number of nitrogens with zero attached hydrogens (tertiary/aromatic N) is 4. The van der Waals surface area contributed by atoms with Gasteiger partial charge in [-0.15, -0.1) is 11.3 Å². The summed E-state index contributed by atoms with van der Waals surface area (Å²) >= 11 is 1.87. The molecule has 1 aliphatic carbocycles. The van der Waals surface area contributed by atoms with Crippen LogP contribution in [0.1, 0.15) is 35.4 Å². The van der Waals surface area contributed by atoms with Crippen molar-refractivity contribution in [1.82, 2.24) is 15.0 Å². The van der Waals surface area contributed by atoms with Gasteiger partial charge in [0.2, 0.25) is 0 Å². The fourth-order valence-corrected chi connectivity index (χ4v) is 5.44. The molecule has 3 aromatic heterocycles. The van der Waals surface area contributed by atoms with Crippen LogP contribution in [0.3, 0.4) is 0 Å². The zero-order valence-electron chi connectivity index (χ0n) is 15.0. The normalized spacial score (nSPS) is 17.7. The molecular formula is C20H23N5S. The second-order valence-electron chi connectivity index (χ2n) is 7.30. The monoisotopic (exact) mass is 365 g/mol. The van der Waals surface area contributed by atoms with Crippen LogP contribution in [0.15, 0.2) is 24.5 Å². The summed E-state index contributed by atoms with van der Waals surface area (Å²) in [7, 11) is 0. The molecule has 5 rings (SSSR count). The Balaban J connectivity index is 1.34. The first-order valence-corrected chi connectivity index (χ1v) is 10.3. The van der Waals surface area contributed by atoms with Crippen molar-refractivity contribution < 1.29 is 0 Å². The Hall–Kier alpha value is -2.21. The van der Waals surface area contributed by atoms with Crippen molar-refractivity contribution >= 4 is 33.2 Å². The highest BCUT2D eigenvalue weighted by Gasteiger charge is 2.26.